The summed E-state index contributed by atoms with van der Waals surface area (Å²) >= 11 is 1.57. The summed E-state index contributed by atoms with van der Waals surface area (Å²) in [5, 5.41) is 2.67. The predicted octanol–water partition coefficient (Wildman–Crippen LogP) is 4.82. The monoisotopic (exact) mass is 412 g/mol. The Balaban J connectivity index is 1.92. The summed E-state index contributed by atoms with van der Waals surface area (Å²) in [6, 6.07) is 10.8. The van der Waals surface area contributed by atoms with Gasteiger partial charge in [0, 0.05) is 25.0 Å². The van der Waals surface area contributed by atoms with Crippen molar-refractivity contribution >= 4 is 17.8 Å². The number of carbonyl (C=O) groups is 1. The quantitative estimate of drug-likeness (QED) is 0.663. The summed E-state index contributed by atoms with van der Waals surface area (Å²) in [7, 11) is 3.22. The summed E-state index contributed by atoms with van der Waals surface area (Å²) in [4.78, 5) is 14.7. The standard InChI is InChI=1S/C20H23F3N2O2S/c1-25(13-14-8-9-18(28-3)17(12-14)27-2)19(26)24-11-10-15-6-4-5-7-16(15)20(21,22)23/h4-9,12H,10-11,13H2,1-3H3,(H,24,26). The van der Waals surface area contributed by atoms with Gasteiger partial charge in [0.2, 0.25) is 0 Å². The third-order valence-electron chi connectivity index (χ3n) is 4.21. The number of nitrogens with one attached hydrogen (secondary N) is 1. The van der Waals surface area contributed by atoms with Gasteiger partial charge in [0.15, 0.2) is 0 Å². The summed E-state index contributed by atoms with van der Waals surface area (Å²) in [6.07, 6.45) is -2.35. The van der Waals surface area contributed by atoms with E-state index in [1.165, 1.54) is 17.0 Å². The van der Waals surface area contributed by atoms with Crippen molar-refractivity contribution in [1.29, 1.82) is 0 Å². The third-order valence-corrected chi connectivity index (χ3v) is 4.98. The van der Waals surface area contributed by atoms with E-state index in [-0.39, 0.29) is 24.6 Å². The lowest BCUT2D eigenvalue weighted by molar-refractivity contribution is -0.138. The maximum absolute atomic E-state index is 13.0. The first-order valence-corrected chi connectivity index (χ1v) is 9.83. The van der Waals surface area contributed by atoms with E-state index in [0.29, 0.717) is 6.54 Å². The number of rotatable bonds is 7. The fraction of sp³-hybridized carbons (Fsp3) is 0.350. The smallest absolute Gasteiger partial charge is 0.416 e. The van der Waals surface area contributed by atoms with Crippen LogP contribution < -0.4 is 10.1 Å². The second-order valence-electron chi connectivity index (χ2n) is 6.18. The van der Waals surface area contributed by atoms with Crippen LogP contribution in [0.2, 0.25) is 0 Å². The molecule has 0 fully saturated rings. The minimum absolute atomic E-state index is 0.103. The molecule has 28 heavy (non-hydrogen) atoms. The molecule has 0 spiro atoms. The molecule has 152 valence electrons. The molecule has 0 saturated heterocycles. The molecule has 2 aromatic rings. The van der Waals surface area contributed by atoms with Crippen molar-refractivity contribution < 1.29 is 22.7 Å². The zero-order valence-corrected chi connectivity index (χ0v) is 16.8. The zero-order valence-electron chi connectivity index (χ0n) is 16.0. The van der Waals surface area contributed by atoms with Crippen molar-refractivity contribution in [2.45, 2.75) is 24.0 Å². The normalized spacial score (nSPS) is 11.2. The van der Waals surface area contributed by atoms with Crippen molar-refractivity contribution in [2.75, 3.05) is 27.0 Å². The maximum Gasteiger partial charge on any atom is 0.416 e. The topological polar surface area (TPSA) is 41.6 Å². The van der Waals surface area contributed by atoms with Crippen LogP contribution in [0.3, 0.4) is 0 Å². The molecule has 0 atom stereocenters. The van der Waals surface area contributed by atoms with Gasteiger partial charge in [0.1, 0.15) is 5.75 Å². The summed E-state index contributed by atoms with van der Waals surface area (Å²) < 4.78 is 44.4. The minimum atomic E-state index is -4.40. The van der Waals surface area contributed by atoms with Crippen LogP contribution in [-0.4, -0.2) is 37.9 Å². The van der Waals surface area contributed by atoms with Gasteiger partial charge >= 0.3 is 12.2 Å². The number of carbonyl (C=O) groups excluding carboxylic acids is 1. The van der Waals surface area contributed by atoms with Crippen molar-refractivity contribution in [2.24, 2.45) is 0 Å². The molecule has 0 saturated carbocycles. The molecule has 2 aromatic carbocycles. The lowest BCUT2D eigenvalue weighted by Gasteiger charge is -2.19. The van der Waals surface area contributed by atoms with Gasteiger partial charge in [-0.05, 0) is 42.0 Å². The van der Waals surface area contributed by atoms with Gasteiger partial charge in [-0.15, -0.1) is 11.8 Å². The van der Waals surface area contributed by atoms with E-state index in [4.69, 9.17) is 4.74 Å². The number of hydrogen-bond donors (Lipinski definition) is 1. The highest BCUT2D eigenvalue weighted by Crippen LogP contribution is 2.32. The minimum Gasteiger partial charge on any atom is -0.496 e. The van der Waals surface area contributed by atoms with Crippen LogP contribution >= 0.6 is 11.8 Å². The van der Waals surface area contributed by atoms with Crippen molar-refractivity contribution in [3.8, 4) is 5.75 Å². The van der Waals surface area contributed by atoms with Gasteiger partial charge in [-0.3, -0.25) is 0 Å². The highest BCUT2D eigenvalue weighted by molar-refractivity contribution is 7.98. The molecule has 0 bridgehead atoms. The van der Waals surface area contributed by atoms with E-state index in [2.05, 4.69) is 5.32 Å². The van der Waals surface area contributed by atoms with Gasteiger partial charge in [-0.25, -0.2) is 4.79 Å². The SMILES string of the molecule is COc1cc(CN(C)C(=O)NCCc2ccccc2C(F)(F)F)ccc1SC. The van der Waals surface area contributed by atoms with Crippen LogP contribution in [0.4, 0.5) is 18.0 Å². The largest absolute Gasteiger partial charge is 0.496 e. The Hall–Kier alpha value is -2.35. The number of urea groups is 1. The van der Waals surface area contributed by atoms with Crippen molar-refractivity contribution in [3.63, 3.8) is 0 Å². The molecule has 0 aliphatic rings. The number of halogens is 3. The number of amides is 2. The number of benzene rings is 2. The molecule has 4 nitrogen and oxygen atoms in total. The average Bonchev–Trinajstić information content (AvgIpc) is 2.67. The Bertz CT molecular complexity index is 812. The van der Waals surface area contributed by atoms with E-state index < -0.39 is 11.7 Å². The number of hydrogen-bond acceptors (Lipinski definition) is 3. The maximum atomic E-state index is 13.0. The molecule has 0 aliphatic carbocycles. The third kappa shape index (κ3) is 5.82. The highest BCUT2D eigenvalue weighted by Gasteiger charge is 2.32. The molecule has 8 heteroatoms. The molecular weight excluding hydrogens is 389 g/mol. The fourth-order valence-electron chi connectivity index (χ4n) is 2.78. The van der Waals surface area contributed by atoms with Crippen LogP contribution in [0.1, 0.15) is 16.7 Å². The Kier molecular flexibility index (Phi) is 7.62. The molecule has 0 heterocycles. The Morgan fingerprint density at radius 2 is 1.93 bits per heavy atom. The first-order valence-electron chi connectivity index (χ1n) is 8.61. The van der Waals surface area contributed by atoms with Gasteiger partial charge < -0.3 is 15.0 Å². The second-order valence-corrected chi connectivity index (χ2v) is 7.03. The summed E-state index contributed by atoms with van der Waals surface area (Å²) in [5.74, 6) is 0.738. The van der Waals surface area contributed by atoms with Gasteiger partial charge in [-0.1, -0.05) is 24.3 Å². The van der Waals surface area contributed by atoms with Crippen molar-refractivity contribution in [3.05, 3.63) is 59.2 Å². The predicted molar refractivity (Wildman–Crippen MR) is 105 cm³/mol. The van der Waals surface area contributed by atoms with Crippen LogP contribution in [-0.2, 0) is 19.1 Å². The molecular formula is C20H23F3N2O2S. The Labute approximate surface area is 167 Å². The lowest BCUT2D eigenvalue weighted by Crippen LogP contribution is -2.37. The number of ether oxygens (including phenoxy) is 1. The first kappa shape index (κ1) is 21.9. The van der Waals surface area contributed by atoms with Crippen LogP contribution in [0.15, 0.2) is 47.4 Å². The molecule has 0 radical (unpaired) electrons. The van der Waals surface area contributed by atoms with E-state index in [1.807, 2.05) is 24.5 Å². The van der Waals surface area contributed by atoms with Crippen LogP contribution in [0.25, 0.3) is 0 Å². The van der Waals surface area contributed by atoms with Gasteiger partial charge in [0.05, 0.1) is 12.7 Å². The number of alkyl halides is 3. The molecule has 1 N–H and O–H groups in total. The number of methoxy groups -OCH3 is 1. The lowest BCUT2D eigenvalue weighted by atomic mass is 10.0. The summed E-state index contributed by atoms with van der Waals surface area (Å²) in [5.41, 5.74) is 0.392. The molecule has 0 aromatic heterocycles. The number of thioether (sulfide) groups is 1. The van der Waals surface area contributed by atoms with Crippen molar-refractivity contribution in [1.82, 2.24) is 10.2 Å². The van der Waals surface area contributed by atoms with E-state index in [1.54, 1.807) is 32.0 Å². The van der Waals surface area contributed by atoms with E-state index in [0.717, 1.165) is 22.3 Å². The number of nitrogens with zero attached hydrogens (tertiary/aromatic N) is 1. The van der Waals surface area contributed by atoms with E-state index in [9.17, 15) is 18.0 Å². The van der Waals surface area contributed by atoms with E-state index >= 15 is 0 Å². The molecule has 0 unspecified atom stereocenters. The van der Waals surface area contributed by atoms with Gasteiger partial charge in [-0.2, -0.15) is 13.2 Å². The first-order chi connectivity index (χ1) is 13.3. The molecule has 0 aliphatic heterocycles. The molecule has 2 rings (SSSR count). The van der Waals surface area contributed by atoms with Gasteiger partial charge in [0.25, 0.3) is 0 Å². The van der Waals surface area contributed by atoms with Crippen LogP contribution in [0.5, 0.6) is 5.75 Å². The Morgan fingerprint density at radius 1 is 1.21 bits per heavy atom. The second kappa shape index (κ2) is 9.73. The summed E-state index contributed by atoms with van der Waals surface area (Å²) in [6.45, 7) is 0.473. The zero-order chi connectivity index (χ0) is 20.7. The highest BCUT2D eigenvalue weighted by atomic mass is 32.2. The molecule has 2 amide bonds. The Morgan fingerprint density at radius 3 is 2.57 bits per heavy atom. The fourth-order valence-corrected chi connectivity index (χ4v) is 3.33. The average molecular weight is 412 g/mol. The van der Waals surface area contributed by atoms with Crippen LogP contribution in [0, 0.1) is 0 Å².